The van der Waals surface area contributed by atoms with Crippen molar-refractivity contribution in [3.05, 3.63) is 28.8 Å². The Hall–Kier alpha value is -3.73. The van der Waals surface area contributed by atoms with Crippen molar-refractivity contribution in [2.75, 3.05) is 0 Å². The van der Waals surface area contributed by atoms with Gasteiger partial charge in [0.1, 0.15) is 60.0 Å². The van der Waals surface area contributed by atoms with Crippen molar-refractivity contribution in [3.8, 4) is 17.2 Å². The molecule has 9 N–H and O–H groups in total. The zero-order valence-electron chi connectivity index (χ0n) is 44.7. The Morgan fingerprint density at radius 2 is 1.27 bits per heavy atom. The maximum Gasteiger partial charge on any atom is 0.302 e. The zero-order valence-corrected chi connectivity index (χ0v) is 44.7. The van der Waals surface area contributed by atoms with E-state index in [9.17, 15) is 55.5 Å². The molecule has 25 atom stereocenters. The molecule has 5 saturated heterocycles. The molecule has 25 unspecified atom stereocenters. The third-order valence-corrected chi connectivity index (χ3v) is 16.8. The number of carbonyl (C=O) groups is 3. The van der Waals surface area contributed by atoms with E-state index in [-0.39, 0.29) is 83.8 Å². The minimum Gasteiger partial charge on any atom is -0.507 e. The van der Waals surface area contributed by atoms with Gasteiger partial charge in [-0.1, -0.05) is 6.92 Å². The molecule has 23 heteroatoms. The maximum absolute atomic E-state index is 15.0. The van der Waals surface area contributed by atoms with Gasteiger partial charge in [0.05, 0.1) is 77.4 Å². The van der Waals surface area contributed by atoms with Crippen LogP contribution in [-0.2, 0) is 63.4 Å². The van der Waals surface area contributed by atoms with E-state index in [1.54, 1.807) is 27.7 Å². The highest BCUT2D eigenvalue weighted by molar-refractivity contribution is 6.12. The fourth-order valence-corrected chi connectivity index (χ4v) is 11.9. The van der Waals surface area contributed by atoms with Gasteiger partial charge in [0.25, 0.3) is 0 Å². The van der Waals surface area contributed by atoms with E-state index in [0.717, 1.165) is 0 Å². The lowest BCUT2D eigenvalue weighted by Crippen LogP contribution is -2.56. The Bertz CT molecular complexity index is 2480. The van der Waals surface area contributed by atoms with Crippen LogP contribution in [0.5, 0.6) is 17.2 Å². The van der Waals surface area contributed by atoms with Crippen LogP contribution in [0.25, 0.3) is 10.8 Å². The van der Waals surface area contributed by atoms with Gasteiger partial charge in [0.2, 0.25) is 6.29 Å². The van der Waals surface area contributed by atoms with Crippen molar-refractivity contribution in [2.45, 2.75) is 242 Å². The third kappa shape index (κ3) is 11.9. The first-order valence-electron chi connectivity index (χ1n) is 26.8. The van der Waals surface area contributed by atoms with Crippen LogP contribution in [0, 0.1) is 24.7 Å². The molecule has 7 aliphatic rings. The summed E-state index contributed by atoms with van der Waals surface area (Å²) in [5.74, 6) is -5.65. The van der Waals surface area contributed by atoms with Gasteiger partial charge >= 0.3 is 5.97 Å². The number of phenols is 2. The molecule has 5 aliphatic heterocycles. The monoisotopic (exact) mass is 1090 g/mol. The first-order chi connectivity index (χ1) is 36.2. The highest BCUT2D eigenvalue weighted by Crippen LogP contribution is 2.49. The standard InChI is InChI=1S/C54H76O23/c1-19(21(3)67-26(8)55)45(58)49(62)30-11-27-10-28-12-32(72-38-16-35(47(60)23(5)69-38)75-37-14-31(56)46(59)22(4)68-37)20(2)44(57)42(28)50(63)43(27)51(64)52(30)77-39-17-36(48(61)24(6)70-39)76-40-15-34(29-13-33(29)73-40)74-41-18-54(9,66)53(65)25(7)71-41/h10,12,19,21-25,29-31,33-41,45-48,52-53,56-61,63,65-66H,11,13-18H2,1-9H3. The minimum absolute atomic E-state index is 0.0308. The Balaban J connectivity index is 0.958. The number of aliphatic hydroxyl groups excluding tert-OH is 6. The largest absolute Gasteiger partial charge is 0.507 e. The van der Waals surface area contributed by atoms with Gasteiger partial charge in [-0.05, 0) is 84.4 Å². The van der Waals surface area contributed by atoms with Gasteiger partial charge in [0.15, 0.2) is 36.7 Å². The second-order valence-corrected chi connectivity index (χ2v) is 22.7. The van der Waals surface area contributed by atoms with Gasteiger partial charge < -0.3 is 98.1 Å². The van der Waals surface area contributed by atoms with E-state index in [1.165, 1.54) is 46.8 Å². The number of aliphatic hydroxyl groups is 7. The van der Waals surface area contributed by atoms with Crippen LogP contribution >= 0.6 is 0 Å². The highest BCUT2D eigenvalue weighted by Gasteiger charge is 2.55. The van der Waals surface area contributed by atoms with Crippen molar-refractivity contribution in [1.82, 2.24) is 0 Å². The Morgan fingerprint density at radius 3 is 1.90 bits per heavy atom. The first-order valence-corrected chi connectivity index (χ1v) is 26.8. The SMILES string of the molecule is CC(=O)OC(C)C(C)C(O)C(=O)C1Cc2cc3cc(OC4CC(OC5CC(O)C(O)C(C)O5)C(O)C(C)O4)c(C)c(O)c3c(O)c2C(=O)C1OC1CC(OC2CC(OC3CC(C)(O)C(O)C(C)O3)C3CC3O2)C(O)C(C)O1. The average molecular weight is 1090 g/mol. The molecule has 9 rings (SSSR count). The topological polar surface area (TPSA) is 335 Å². The Kier molecular flexibility index (Phi) is 17.1. The summed E-state index contributed by atoms with van der Waals surface area (Å²) in [5, 5.41) is 99.8. The molecule has 1 saturated carbocycles. The van der Waals surface area contributed by atoms with Crippen molar-refractivity contribution in [3.63, 3.8) is 0 Å². The van der Waals surface area contributed by atoms with E-state index in [2.05, 4.69) is 0 Å². The van der Waals surface area contributed by atoms with Crippen molar-refractivity contribution in [1.29, 1.82) is 0 Å². The molecule has 0 radical (unpaired) electrons. The Morgan fingerprint density at radius 1 is 0.714 bits per heavy atom. The number of hydrogen-bond acceptors (Lipinski definition) is 23. The van der Waals surface area contributed by atoms with Crippen LogP contribution in [0.3, 0.4) is 0 Å². The predicted octanol–water partition coefficient (Wildman–Crippen LogP) is 1.58. The summed E-state index contributed by atoms with van der Waals surface area (Å²) in [6, 6.07) is 3.03. The number of benzene rings is 2. The van der Waals surface area contributed by atoms with Crippen LogP contribution in [0.15, 0.2) is 12.1 Å². The molecule has 0 aromatic heterocycles. The first kappa shape index (κ1) is 57.9. The molecule has 0 amide bonds. The Labute approximate surface area is 445 Å². The van der Waals surface area contributed by atoms with E-state index >= 15 is 4.79 Å². The van der Waals surface area contributed by atoms with Gasteiger partial charge in [-0.25, -0.2) is 0 Å². The second-order valence-electron chi connectivity index (χ2n) is 22.7. The summed E-state index contributed by atoms with van der Waals surface area (Å²) in [6.07, 6.45) is -20.4. The normalized spacial score (nSPS) is 42.4. The lowest BCUT2D eigenvalue weighted by Gasteiger charge is -2.44. The number of esters is 1. The van der Waals surface area contributed by atoms with Crippen LogP contribution in [-0.4, -0.2) is 198 Å². The fourth-order valence-electron chi connectivity index (χ4n) is 11.9. The minimum atomic E-state index is -1.78. The van der Waals surface area contributed by atoms with Gasteiger partial charge in [-0.3, -0.25) is 14.4 Å². The number of fused-ring (bicyclic) bond motifs is 3. The third-order valence-electron chi connectivity index (χ3n) is 16.8. The smallest absolute Gasteiger partial charge is 0.302 e. The number of Topliss-reactive ketones (excluding diaryl/α,β-unsaturated/α-hetero) is 2. The van der Waals surface area contributed by atoms with Crippen molar-refractivity contribution in [2.24, 2.45) is 17.8 Å². The van der Waals surface area contributed by atoms with E-state index in [0.29, 0.717) is 6.42 Å². The highest BCUT2D eigenvalue weighted by atomic mass is 16.7. The quantitative estimate of drug-likeness (QED) is 0.114. The summed E-state index contributed by atoms with van der Waals surface area (Å²) >= 11 is 0. The molecular formula is C54H76O23. The van der Waals surface area contributed by atoms with Crippen LogP contribution in [0.4, 0.5) is 0 Å². The molecule has 2 aromatic rings. The molecule has 2 aliphatic carbocycles. The van der Waals surface area contributed by atoms with Gasteiger partial charge in [0, 0.05) is 56.4 Å². The number of hydrogen-bond donors (Lipinski definition) is 9. The lowest BCUT2D eigenvalue weighted by molar-refractivity contribution is -0.313. The van der Waals surface area contributed by atoms with Crippen LogP contribution in [0.2, 0.25) is 0 Å². The fraction of sp³-hybridized carbons (Fsp3) is 0.759. The number of rotatable bonds is 15. The average Bonchev–Trinajstić information content (AvgIpc) is 4.18. The summed E-state index contributed by atoms with van der Waals surface area (Å²) in [4.78, 5) is 41.6. The molecule has 0 spiro atoms. The molecule has 430 valence electrons. The summed E-state index contributed by atoms with van der Waals surface area (Å²) in [7, 11) is 0. The lowest BCUT2D eigenvalue weighted by atomic mass is 9.74. The van der Waals surface area contributed by atoms with Crippen molar-refractivity contribution < 1.29 is 112 Å². The van der Waals surface area contributed by atoms with E-state index < -0.39 is 169 Å². The summed E-state index contributed by atoms with van der Waals surface area (Å²) in [6.45, 7) is 13.7. The maximum atomic E-state index is 15.0. The van der Waals surface area contributed by atoms with Crippen molar-refractivity contribution >= 4 is 28.3 Å². The molecule has 0 bridgehead atoms. The molecular weight excluding hydrogens is 1020 g/mol. The summed E-state index contributed by atoms with van der Waals surface area (Å²) in [5.41, 5.74) is -1.38. The van der Waals surface area contributed by atoms with E-state index in [4.69, 9.17) is 52.1 Å². The predicted molar refractivity (Wildman–Crippen MR) is 263 cm³/mol. The molecule has 5 heterocycles. The second kappa shape index (κ2) is 22.7. The summed E-state index contributed by atoms with van der Waals surface area (Å²) < 4.78 is 66.8. The number of ketones is 2. The molecule has 2 aromatic carbocycles. The van der Waals surface area contributed by atoms with Gasteiger partial charge in [-0.2, -0.15) is 0 Å². The molecule has 77 heavy (non-hydrogen) atoms. The zero-order chi connectivity index (χ0) is 55.8. The molecule has 23 nitrogen and oxygen atoms in total. The number of ether oxygens (including phenoxy) is 11. The van der Waals surface area contributed by atoms with Gasteiger partial charge in [-0.15, -0.1) is 0 Å². The number of aromatic hydroxyl groups is 2. The number of carbonyl (C=O) groups excluding carboxylic acids is 3. The van der Waals surface area contributed by atoms with Crippen LogP contribution < -0.4 is 4.74 Å². The number of phenolic OH excluding ortho intramolecular Hbond substituents is 2. The van der Waals surface area contributed by atoms with E-state index in [1.807, 2.05) is 0 Å². The van der Waals surface area contributed by atoms with Crippen LogP contribution in [0.1, 0.15) is 115 Å². The molecule has 6 fully saturated rings.